The molecule has 0 saturated carbocycles. The van der Waals surface area contributed by atoms with Gasteiger partial charge in [-0.3, -0.25) is 0 Å². The molecule has 156 valence electrons. The number of rotatable bonds is 6. The normalized spacial score (nSPS) is 15.2. The third-order valence-electron chi connectivity index (χ3n) is 5.84. The number of benzene rings is 3. The summed E-state index contributed by atoms with van der Waals surface area (Å²) in [6, 6.07) is 19.6. The molecule has 3 aromatic carbocycles. The molecule has 0 spiro atoms. The van der Waals surface area contributed by atoms with Crippen LogP contribution in [0.15, 0.2) is 70.5 Å². The van der Waals surface area contributed by atoms with Crippen LogP contribution < -0.4 is 4.90 Å². The van der Waals surface area contributed by atoms with Crippen molar-refractivity contribution in [3.8, 4) is 5.75 Å². The van der Waals surface area contributed by atoms with Crippen LogP contribution in [0.1, 0.15) is 23.1 Å². The summed E-state index contributed by atoms with van der Waals surface area (Å²) in [6.07, 6.45) is 0.956. The van der Waals surface area contributed by atoms with Crippen LogP contribution in [0.4, 0.5) is 11.4 Å². The predicted octanol–water partition coefficient (Wildman–Crippen LogP) is 5.15. The molecular formula is C25H28N2O2S. The lowest BCUT2D eigenvalue weighted by Crippen LogP contribution is -2.29. The summed E-state index contributed by atoms with van der Waals surface area (Å²) < 4.78 is 13.2. The molecular weight excluding hydrogens is 392 g/mol. The number of hydrogen-bond acceptors (Lipinski definition) is 4. The molecule has 0 aromatic heterocycles. The molecule has 1 N–H and O–H groups in total. The van der Waals surface area contributed by atoms with Crippen molar-refractivity contribution in [1.82, 2.24) is 4.90 Å². The second-order valence-corrected chi connectivity index (χ2v) is 9.38. The number of aromatic hydroxyl groups is 1. The van der Waals surface area contributed by atoms with Gasteiger partial charge >= 0.3 is 0 Å². The standard InChI is InChI=1S/C25H28N2O2S/c1-18-13-14-24-25(19(18)2)27(21-10-5-7-12-23(21)30(24)29)16-8-15-26(3)17-20-9-4-6-11-22(20)28/h4-7,9-14,28H,8,15-17H2,1-3H3. The fraction of sp³-hybridized carbons (Fsp3) is 0.280. The number of phenolic OH excluding ortho intramolecular Hbond substituents is 1. The van der Waals surface area contributed by atoms with Gasteiger partial charge < -0.3 is 14.9 Å². The lowest BCUT2D eigenvalue weighted by Gasteiger charge is -2.35. The summed E-state index contributed by atoms with van der Waals surface area (Å²) >= 11 is 0. The van der Waals surface area contributed by atoms with Crippen LogP contribution in [0, 0.1) is 13.8 Å². The summed E-state index contributed by atoms with van der Waals surface area (Å²) in [4.78, 5) is 6.35. The molecule has 0 saturated heterocycles. The second kappa shape index (κ2) is 8.62. The van der Waals surface area contributed by atoms with E-state index in [9.17, 15) is 9.32 Å². The lowest BCUT2D eigenvalue weighted by molar-refractivity contribution is 0.317. The summed E-state index contributed by atoms with van der Waals surface area (Å²) in [6.45, 7) is 6.68. The van der Waals surface area contributed by atoms with E-state index in [1.165, 1.54) is 11.1 Å². The van der Waals surface area contributed by atoms with E-state index in [2.05, 4.69) is 42.8 Å². The molecule has 1 aliphatic heterocycles. The van der Waals surface area contributed by atoms with Gasteiger partial charge in [-0.25, -0.2) is 4.21 Å². The van der Waals surface area contributed by atoms with Gasteiger partial charge in [0.15, 0.2) is 0 Å². The third kappa shape index (κ3) is 3.87. The third-order valence-corrected chi connectivity index (χ3v) is 7.32. The molecule has 4 rings (SSSR count). The van der Waals surface area contributed by atoms with Crippen LogP contribution in [0.2, 0.25) is 0 Å². The topological polar surface area (TPSA) is 43.8 Å². The van der Waals surface area contributed by atoms with E-state index in [0.717, 1.165) is 46.2 Å². The van der Waals surface area contributed by atoms with Gasteiger partial charge in [0.25, 0.3) is 0 Å². The molecule has 0 fully saturated rings. The van der Waals surface area contributed by atoms with Crippen LogP contribution in [0.5, 0.6) is 5.75 Å². The number of hydrogen-bond donors (Lipinski definition) is 1. The number of phenols is 1. The zero-order valence-electron chi connectivity index (χ0n) is 17.8. The Morgan fingerprint density at radius 3 is 2.50 bits per heavy atom. The molecule has 30 heavy (non-hydrogen) atoms. The largest absolute Gasteiger partial charge is 0.508 e. The minimum atomic E-state index is -1.15. The zero-order valence-corrected chi connectivity index (χ0v) is 18.6. The Morgan fingerprint density at radius 1 is 0.967 bits per heavy atom. The smallest absolute Gasteiger partial charge is 0.120 e. The minimum absolute atomic E-state index is 0.344. The number of fused-ring (bicyclic) bond motifs is 2. The van der Waals surface area contributed by atoms with Crippen molar-refractivity contribution >= 4 is 22.2 Å². The van der Waals surface area contributed by atoms with Crippen LogP contribution >= 0.6 is 0 Å². The van der Waals surface area contributed by atoms with Crippen molar-refractivity contribution in [1.29, 1.82) is 0 Å². The van der Waals surface area contributed by atoms with Crippen LogP contribution in [0.3, 0.4) is 0 Å². The van der Waals surface area contributed by atoms with Crippen molar-refractivity contribution < 1.29 is 9.32 Å². The molecule has 1 heterocycles. The molecule has 1 atom stereocenters. The molecule has 1 aliphatic rings. The molecule has 3 aromatic rings. The van der Waals surface area contributed by atoms with Gasteiger partial charge in [-0.15, -0.1) is 0 Å². The molecule has 0 bridgehead atoms. The lowest BCUT2D eigenvalue weighted by atomic mass is 10.1. The monoisotopic (exact) mass is 420 g/mol. The highest BCUT2D eigenvalue weighted by molar-refractivity contribution is 7.85. The van der Waals surface area contributed by atoms with E-state index in [1.54, 1.807) is 6.07 Å². The maximum absolute atomic E-state index is 13.2. The number of nitrogens with zero attached hydrogens (tertiary/aromatic N) is 2. The summed E-state index contributed by atoms with van der Waals surface area (Å²) in [5, 5.41) is 10.0. The molecule has 5 heteroatoms. The summed E-state index contributed by atoms with van der Waals surface area (Å²) in [5.74, 6) is 0.344. The van der Waals surface area contributed by atoms with E-state index in [4.69, 9.17) is 0 Å². The molecule has 1 unspecified atom stereocenters. The Bertz CT molecular complexity index is 1100. The highest BCUT2D eigenvalue weighted by Crippen LogP contribution is 2.44. The number of para-hydroxylation sites is 2. The van der Waals surface area contributed by atoms with Crippen molar-refractivity contribution in [2.45, 2.75) is 36.6 Å². The van der Waals surface area contributed by atoms with Crippen molar-refractivity contribution in [2.75, 3.05) is 25.0 Å². The first kappa shape index (κ1) is 20.6. The first-order valence-electron chi connectivity index (χ1n) is 10.3. The van der Waals surface area contributed by atoms with Gasteiger partial charge in [0.05, 0.1) is 32.0 Å². The van der Waals surface area contributed by atoms with Gasteiger partial charge in [0.2, 0.25) is 0 Å². The zero-order chi connectivity index (χ0) is 21.3. The van der Waals surface area contributed by atoms with Gasteiger partial charge in [0, 0.05) is 18.7 Å². The first-order chi connectivity index (χ1) is 14.5. The van der Waals surface area contributed by atoms with E-state index >= 15 is 0 Å². The summed E-state index contributed by atoms with van der Waals surface area (Å²) in [5.41, 5.74) is 5.48. The Hall–Kier alpha value is -2.63. The van der Waals surface area contributed by atoms with E-state index < -0.39 is 10.8 Å². The van der Waals surface area contributed by atoms with Crippen LogP contribution in [-0.4, -0.2) is 34.4 Å². The predicted molar refractivity (Wildman–Crippen MR) is 123 cm³/mol. The van der Waals surface area contributed by atoms with Crippen LogP contribution in [-0.2, 0) is 17.3 Å². The SMILES string of the molecule is Cc1ccc2c(c1C)N(CCCN(C)Cc1ccccc1O)c1ccccc1S2=O. The number of anilines is 2. The fourth-order valence-corrected chi connectivity index (χ4v) is 5.52. The molecule has 0 amide bonds. The van der Waals surface area contributed by atoms with Crippen molar-refractivity contribution in [3.05, 3.63) is 77.4 Å². The fourth-order valence-electron chi connectivity index (χ4n) is 4.08. The molecule has 0 radical (unpaired) electrons. The minimum Gasteiger partial charge on any atom is -0.508 e. The second-order valence-electron chi connectivity index (χ2n) is 7.96. The Balaban J connectivity index is 1.54. The highest BCUT2D eigenvalue weighted by Gasteiger charge is 2.29. The van der Waals surface area contributed by atoms with Crippen molar-refractivity contribution in [2.24, 2.45) is 0 Å². The first-order valence-corrected chi connectivity index (χ1v) is 11.5. The average molecular weight is 421 g/mol. The highest BCUT2D eigenvalue weighted by atomic mass is 32.2. The van der Waals surface area contributed by atoms with Crippen LogP contribution in [0.25, 0.3) is 0 Å². The Morgan fingerprint density at radius 2 is 1.70 bits per heavy atom. The van der Waals surface area contributed by atoms with Crippen molar-refractivity contribution in [3.63, 3.8) is 0 Å². The Labute approximate surface area is 181 Å². The van der Waals surface area contributed by atoms with Gasteiger partial charge in [-0.05, 0) is 69.3 Å². The molecule has 4 nitrogen and oxygen atoms in total. The summed E-state index contributed by atoms with van der Waals surface area (Å²) in [7, 11) is 0.926. The van der Waals surface area contributed by atoms with Gasteiger partial charge in [0.1, 0.15) is 5.75 Å². The van der Waals surface area contributed by atoms with E-state index in [0.29, 0.717) is 12.3 Å². The maximum atomic E-state index is 13.2. The maximum Gasteiger partial charge on any atom is 0.120 e. The molecule has 0 aliphatic carbocycles. The van der Waals surface area contributed by atoms with E-state index in [1.807, 2.05) is 42.5 Å². The van der Waals surface area contributed by atoms with Gasteiger partial charge in [-0.1, -0.05) is 36.4 Å². The Kier molecular flexibility index (Phi) is 5.93. The average Bonchev–Trinajstić information content (AvgIpc) is 2.74. The van der Waals surface area contributed by atoms with Gasteiger partial charge in [-0.2, -0.15) is 0 Å². The number of aryl methyl sites for hydroxylation is 1. The van der Waals surface area contributed by atoms with E-state index in [-0.39, 0.29) is 0 Å². The quantitative estimate of drug-likeness (QED) is 0.599.